The van der Waals surface area contributed by atoms with Crippen LogP contribution in [0.15, 0.2) is 30.3 Å². The van der Waals surface area contributed by atoms with Crippen LogP contribution in [0.4, 0.5) is 5.82 Å². The molecular weight excluding hydrogens is 336 g/mol. The Morgan fingerprint density at radius 1 is 1.17 bits per heavy atom. The summed E-state index contributed by atoms with van der Waals surface area (Å²) in [6.07, 6.45) is 4.06. The van der Waals surface area contributed by atoms with Crippen LogP contribution in [0.1, 0.15) is 25.7 Å². The third-order valence-corrected chi connectivity index (χ3v) is 4.85. The van der Waals surface area contributed by atoms with Crippen LogP contribution in [0.2, 0.25) is 5.02 Å². The number of fused-ring (bicyclic) bond motifs is 1. The van der Waals surface area contributed by atoms with Gasteiger partial charge in [-0.15, -0.1) is 0 Å². The Labute approximate surface area is 141 Å². The highest BCUT2D eigenvalue weighted by Crippen LogP contribution is 2.26. The Morgan fingerprint density at radius 3 is 2.57 bits per heavy atom. The molecule has 0 unspecified atom stereocenters. The molecule has 0 amide bonds. The molecule has 3 rings (SSSR count). The average molecular weight is 355 g/mol. The van der Waals surface area contributed by atoms with Crippen molar-refractivity contribution in [1.82, 2.24) is 4.98 Å². The van der Waals surface area contributed by atoms with Gasteiger partial charge in [0.05, 0.1) is 17.9 Å². The lowest BCUT2D eigenvalue weighted by molar-refractivity contribution is 0.158. The van der Waals surface area contributed by atoms with Crippen LogP contribution in [0.5, 0.6) is 0 Å². The van der Waals surface area contributed by atoms with Crippen LogP contribution >= 0.6 is 11.6 Å². The maximum atomic E-state index is 11.2. The topological polar surface area (TPSA) is 68.3 Å². The summed E-state index contributed by atoms with van der Waals surface area (Å²) in [4.78, 5) is 4.59. The normalized spacial score (nSPS) is 22.2. The minimum Gasteiger partial charge on any atom is -0.367 e. The van der Waals surface area contributed by atoms with Crippen LogP contribution < -0.4 is 5.32 Å². The van der Waals surface area contributed by atoms with Gasteiger partial charge in [0, 0.05) is 16.5 Å². The summed E-state index contributed by atoms with van der Waals surface area (Å²) in [5.41, 5.74) is 0.858. The van der Waals surface area contributed by atoms with Gasteiger partial charge in [-0.25, -0.2) is 4.98 Å². The number of aromatic nitrogens is 1. The van der Waals surface area contributed by atoms with Gasteiger partial charge in [0.2, 0.25) is 0 Å². The van der Waals surface area contributed by atoms with Gasteiger partial charge in [-0.05, 0) is 49.9 Å². The smallest absolute Gasteiger partial charge is 0.264 e. The molecule has 0 bridgehead atoms. The second-order valence-electron chi connectivity index (χ2n) is 5.95. The molecule has 1 fully saturated rings. The van der Waals surface area contributed by atoms with Crippen molar-refractivity contribution < 1.29 is 12.6 Å². The molecule has 124 valence electrons. The number of hydrogen-bond donors (Lipinski definition) is 1. The first-order valence-electron chi connectivity index (χ1n) is 7.60. The summed E-state index contributed by atoms with van der Waals surface area (Å²) in [6.45, 7) is 0. The number of nitrogens with zero attached hydrogens (tertiary/aromatic N) is 1. The van der Waals surface area contributed by atoms with E-state index in [1.54, 1.807) is 0 Å². The standard InChI is InChI=1S/C16H19ClN2O3S/c1-23(20,21)22-14-7-5-13(6-8-14)18-16-9-3-11-2-4-12(17)10-15(11)19-16/h2-4,9-10,13-14H,5-8H2,1H3,(H,18,19). The Balaban J connectivity index is 1.62. The lowest BCUT2D eigenvalue weighted by Crippen LogP contribution is -2.31. The van der Waals surface area contributed by atoms with Gasteiger partial charge < -0.3 is 5.32 Å². The van der Waals surface area contributed by atoms with Gasteiger partial charge in [-0.1, -0.05) is 17.7 Å². The maximum Gasteiger partial charge on any atom is 0.264 e. The summed E-state index contributed by atoms with van der Waals surface area (Å²) in [5.74, 6) is 0.812. The monoisotopic (exact) mass is 354 g/mol. The highest BCUT2D eigenvalue weighted by molar-refractivity contribution is 7.86. The summed E-state index contributed by atoms with van der Waals surface area (Å²) >= 11 is 6.01. The summed E-state index contributed by atoms with van der Waals surface area (Å²) in [5, 5.41) is 5.13. The van der Waals surface area contributed by atoms with Gasteiger partial charge in [-0.2, -0.15) is 8.42 Å². The van der Waals surface area contributed by atoms with E-state index in [0.29, 0.717) is 5.02 Å². The second kappa shape index (κ2) is 6.63. The summed E-state index contributed by atoms with van der Waals surface area (Å²) < 4.78 is 27.4. The van der Waals surface area contributed by atoms with E-state index >= 15 is 0 Å². The molecule has 7 heteroatoms. The molecule has 1 N–H and O–H groups in total. The zero-order chi connectivity index (χ0) is 16.4. The van der Waals surface area contributed by atoms with Crippen molar-refractivity contribution in [2.45, 2.75) is 37.8 Å². The molecule has 5 nitrogen and oxygen atoms in total. The number of nitrogens with one attached hydrogen (secondary N) is 1. The van der Waals surface area contributed by atoms with Crippen LogP contribution in [-0.4, -0.2) is 31.8 Å². The van der Waals surface area contributed by atoms with Crippen LogP contribution in [-0.2, 0) is 14.3 Å². The number of halogens is 1. The zero-order valence-electron chi connectivity index (χ0n) is 12.8. The van der Waals surface area contributed by atoms with Crippen molar-refractivity contribution in [3.8, 4) is 0 Å². The molecule has 1 aromatic carbocycles. The lowest BCUT2D eigenvalue weighted by Gasteiger charge is -2.28. The Morgan fingerprint density at radius 2 is 1.87 bits per heavy atom. The van der Waals surface area contributed by atoms with Crippen LogP contribution in [0, 0.1) is 0 Å². The molecule has 0 aliphatic heterocycles. The predicted molar refractivity (Wildman–Crippen MR) is 92.3 cm³/mol. The first-order valence-corrected chi connectivity index (χ1v) is 9.79. The predicted octanol–water partition coefficient (Wildman–Crippen LogP) is 3.59. The molecular formula is C16H19ClN2O3S. The van der Waals surface area contributed by atoms with E-state index in [2.05, 4.69) is 10.3 Å². The van der Waals surface area contributed by atoms with Gasteiger partial charge in [0.15, 0.2) is 0 Å². The first-order chi connectivity index (χ1) is 10.9. The highest BCUT2D eigenvalue weighted by atomic mass is 35.5. The third kappa shape index (κ3) is 4.56. The van der Waals surface area contributed by atoms with Crippen LogP contribution in [0.3, 0.4) is 0 Å². The minimum atomic E-state index is -3.37. The molecule has 2 aromatic rings. The molecule has 1 aliphatic rings. The third-order valence-electron chi connectivity index (χ3n) is 3.99. The van der Waals surface area contributed by atoms with E-state index in [9.17, 15) is 8.42 Å². The Kier molecular flexibility index (Phi) is 4.75. The van der Waals surface area contributed by atoms with E-state index < -0.39 is 10.1 Å². The molecule has 1 aromatic heterocycles. The zero-order valence-corrected chi connectivity index (χ0v) is 14.4. The van der Waals surface area contributed by atoms with Crippen molar-refractivity contribution in [2.24, 2.45) is 0 Å². The molecule has 0 spiro atoms. The van der Waals surface area contributed by atoms with Crippen molar-refractivity contribution in [1.29, 1.82) is 0 Å². The molecule has 1 saturated carbocycles. The second-order valence-corrected chi connectivity index (χ2v) is 7.99. The lowest BCUT2D eigenvalue weighted by atomic mass is 9.93. The minimum absolute atomic E-state index is 0.202. The van der Waals surface area contributed by atoms with Crippen molar-refractivity contribution in [3.05, 3.63) is 35.4 Å². The van der Waals surface area contributed by atoms with Gasteiger partial charge in [0.25, 0.3) is 10.1 Å². The van der Waals surface area contributed by atoms with Crippen molar-refractivity contribution in [3.63, 3.8) is 0 Å². The van der Waals surface area contributed by atoms with E-state index in [0.717, 1.165) is 48.7 Å². The largest absolute Gasteiger partial charge is 0.367 e. The van der Waals surface area contributed by atoms with E-state index in [1.807, 2.05) is 30.3 Å². The molecule has 0 saturated heterocycles. The molecule has 1 heterocycles. The molecule has 23 heavy (non-hydrogen) atoms. The first kappa shape index (κ1) is 16.5. The van der Waals surface area contributed by atoms with Gasteiger partial charge >= 0.3 is 0 Å². The highest BCUT2D eigenvalue weighted by Gasteiger charge is 2.24. The number of benzene rings is 1. The van der Waals surface area contributed by atoms with Crippen molar-refractivity contribution in [2.75, 3.05) is 11.6 Å². The number of anilines is 1. The maximum absolute atomic E-state index is 11.2. The fourth-order valence-electron chi connectivity index (χ4n) is 2.93. The molecule has 0 radical (unpaired) electrons. The SMILES string of the molecule is CS(=O)(=O)OC1CCC(Nc2ccc3ccc(Cl)cc3n2)CC1. The molecule has 0 atom stereocenters. The number of hydrogen-bond acceptors (Lipinski definition) is 5. The Hall–Kier alpha value is -1.37. The van der Waals surface area contributed by atoms with E-state index in [4.69, 9.17) is 15.8 Å². The fourth-order valence-corrected chi connectivity index (χ4v) is 3.78. The Bertz CT molecular complexity index is 802. The fraction of sp³-hybridized carbons (Fsp3) is 0.438. The number of pyridine rings is 1. The number of rotatable bonds is 4. The average Bonchev–Trinajstić information content (AvgIpc) is 2.47. The van der Waals surface area contributed by atoms with E-state index in [-0.39, 0.29) is 12.1 Å². The van der Waals surface area contributed by atoms with Gasteiger partial charge in [0.1, 0.15) is 5.82 Å². The van der Waals surface area contributed by atoms with E-state index in [1.165, 1.54) is 0 Å². The summed E-state index contributed by atoms with van der Waals surface area (Å²) in [6, 6.07) is 9.89. The quantitative estimate of drug-likeness (QED) is 0.850. The summed E-state index contributed by atoms with van der Waals surface area (Å²) in [7, 11) is -3.37. The van der Waals surface area contributed by atoms with Gasteiger partial charge in [-0.3, -0.25) is 4.18 Å². The molecule has 1 aliphatic carbocycles. The van der Waals surface area contributed by atoms with Crippen LogP contribution in [0.25, 0.3) is 10.9 Å². The van der Waals surface area contributed by atoms with Crippen molar-refractivity contribution >= 4 is 38.4 Å².